The van der Waals surface area contributed by atoms with Crippen LogP contribution in [0.2, 0.25) is 0 Å². The molecule has 0 heterocycles. The molecule has 1 aliphatic rings. The fourth-order valence-electron chi connectivity index (χ4n) is 2.35. The van der Waals surface area contributed by atoms with Crippen LogP contribution in [-0.2, 0) is 4.79 Å². The van der Waals surface area contributed by atoms with E-state index in [2.05, 4.69) is 6.07 Å². The number of nitrogens with zero attached hydrogens (tertiary/aromatic N) is 1. The van der Waals surface area contributed by atoms with Gasteiger partial charge < -0.3 is 9.47 Å². The Bertz CT molecular complexity index is 505. The van der Waals surface area contributed by atoms with Crippen molar-refractivity contribution in [3.05, 3.63) is 23.8 Å². The largest absolute Gasteiger partial charge is 0.497 e. The molecule has 0 amide bonds. The van der Waals surface area contributed by atoms with Crippen LogP contribution in [0.15, 0.2) is 18.2 Å². The molecule has 0 radical (unpaired) electrons. The first-order valence-electron chi connectivity index (χ1n) is 6.47. The maximum absolute atomic E-state index is 11.5. The molecular formula is C15H17NO3. The van der Waals surface area contributed by atoms with Gasteiger partial charge in [-0.2, -0.15) is 5.26 Å². The summed E-state index contributed by atoms with van der Waals surface area (Å²) in [4.78, 5) is 11.5. The van der Waals surface area contributed by atoms with Gasteiger partial charge in [-0.1, -0.05) is 0 Å². The lowest BCUT2D eigenvalue weighted by Gasteiger charge is -2.11. The maximum atomic E-state index is 11.5. The molecule has 1 saturated carbocycles. The zero-order chi connectivity index (χ0) is 13.7. The number of benzene rings is 1. The summed E-state index contributed by atoms with van der Waals surface area (Å²) in [6, 6.07) is 7.15. The molecule has 19 heavy (non-hydrogen) atoms. The number of methoxy groups -OCH3 is 1. The molecule has 1 aromatic carbocycles. The Morgan fingerprint density at radius 3 is 2.79 bits per heavy atom. The molecule has 4 heteroatoms. The number of rotatable bonds is 5. The highest BCUT2D eigenvalue weighted by Crippen LogP contribution is 2.26. The van der Waals surface area contributed by atoms with Crippen molar-refractivity contribution in [1.29, 1.82) is 5.26 Å². The summed E-state index contributed by atoms with van der Waals surface area (Å²) in [7, 11) is 1.55. The van der Waals surface area contributed by atoms with Crippen LogP contribution in [0.1, 0.15) is 31.2 Å². The van der Waals surface area contributed by atoms with E-state index in [0.29, 0.717) is 35.9 Å². The Balaban J connectivity index is 1.92. The van der Waals surface area contributed by atoms with Gasteiger partial charge in [0, 0.05) is 18.4 Å². The molecule has 0 aliphatic heterocycles. The van der Waals surface area contributed by atoms with Crippen molar-refractivity contribution in [3.8, 4) is 17.6 Å². The molecule has 2 rings (SSSR count). The summed E-state index contributed by atoms with van der Waals surface area (Å²) in [6.45, 7) is 0.494. The second-order valence-electron chi connectivity index (χ2n) is 4.70. The number of nitriles is 1. The topological polar surface area (TPSA) is 59.3 Å². The Hall–Kier alpha value is -2.02. The number of carbonyl (C=O) groups is 1. The fraction of sp³-hybridized carbons (Fsp3) is 0.467. The normalized spacial score (nSPS) is 18.1. The quantitative estimate of drug-likeness (QED) is 0.815. The van der Waals surface area contributed by atoms with Crippen LogP contribution in [0.4, 0.5) is 0 Å². The van der Waals surface area contributed by atoms with Crippen molar-refractivity contribution >= 4 is 5.78 Å². The monoisotopic (exact) mass is 259 g/mol. The molecule has 0 saturated heterocycles. The Morgan fingerprint density at radius 1 is 1.37 bits per heavy atom. The number of ketones is 1. The van der Waals surface area contributed by atoms with E-state index in [1.165, 1.54) is 0 Å². The standard InChI is InChI=1S/C15H17NO3/c1-18-13-7-11(10-16)8-14(9-13)19-6-5-12-3-2-4-15(12)17/h7-9,12H,2-6H2,1H3. The minimum atomic E-state index is 0.154. The van der Waals surface area contributed by atoms with E-state index in [-0.39, 0.29) is 5.92 Å². The van der Waals surface area contributed by atoms with Crippen LogP contribution in [0.3, 0.4) is 0 Å². The zero-order valence-electron chi connectivity index (χ0n) is 11.0. The third-order valence-corrected chi connectivity index (χ3v) is 3.41. The third kappa shape index (κ3) is 3.47. The third-order valence-electron chi connectivity index (χ3n) is 3.41. The van der Waals surface area contributed by atoms with E-state index in [1.54, 1.807) is 25.3 Å². The van der Waals surface area contributed by atoms with E-state index in [9.17, 15) is 4.79 Å². The van der Waals surface area contributed by atoms with E-state index >= 15 is 0 Å². The lowest BCUT2D eigenvalue weighted by molar-refractivity contribution is -0.121. The van der Waals surface area contributed by atoms with Crippen LogP contribution in [0.5, 0.6) is 11.5 Å². The second-order valence-corrected chi connectivity index (χ2v) is 4.70. The molecule has 0 aromatic heterocycles. The maximum Gasteiger partial charge on any atom is 0.136 e. The first-order chi connectivity index (χ1) is 9.22. The fourth-order valence-corrected chi connectivity index (χ4v) is 2.35. The van der Waals surface area contributed by atoms with Gasteiger partial charge in [0.2, 0.25) is 0 Å². The van der Waals surface area contributed by atoms with Gasteiger partial charge in [0.15, 0.2) is 0 Å². The van der Waals surface area contributed by atoms with Crippen molar-refractivity contribution in [3.63, 3.8) is 0 Å². The molecule has 0 N–H and O–H groups in total. The molecule has 1 aromatic rings. The molecule has 1 fully saturated rings. The van der Waals surface area contributed by atoms with Gasteiger partial charge in [0.05, 0.1) is 25.3 Å². The molecule has 0 spiro atoms. The van der Waals surface area contributed by atoms with E-state index in [0.717, 1.165) is 19.3 Å². The van der Waals surface area contributed by atoms with Crippen LogP contribution in [0, 0.1) is 17.2 Å². The van der Waals surface area contributed by atoms with Gasteiger partial charge >= 0.3 is 0 Å². The van der Waals surface area contributed by atoms with Crippen molar-refractivity contribution in [2.75, 3.05) is 13.7 Å². The molecule has 4 nitrogen and oxygen atoms in total. The first kappa shape index (κ1) is 13.4. The predicted molar refractivity (Wildman–Crippen MR) is 70.2 cm³/mol. The van der Waals surface area contributed by atoms with Gasteiger partial charge in [0.25, 0.3) is 0 Å². The SMILES string of the molecule is COc1cc(C#N)cc(OCCC2CCCC2=O)c1. The molecule has 0 bridgehead atoms. The van der Waals surface area contributed by atoms with Crippen molar-refractivity contribution in [1.82, 2.24) is 0 Å². The first-order valence-corrected chi connectivity index (χ1v) is 6.47. The summed E-state index contributed by atoms with van der Waals surface area (Å²) >= 11 is 0. The highest BCUT2D eigenvalue weighted by Gasteiger charge is 2.23. The van der Waals surface area contributed by atoms with E-state index in [4.69, 9.17) is 14.7 Å². The molecule has 1 aliphatic carbocycles. The van der Waals surface area contributed by atoms with Gasteiger partial charge in [0.1, 0.15) is 17.3 Å². The lowest BCUT2D eigenvalue weighted by atomic mass is 10.0. The second kappa shape index (κ2) is 6.24. The summed E-state index contributed by atoms with van der Waals surface area (Å²) in [5.74, 6) is 1.72. The number of ether oxygens (including phenoxy) is 2. The Labute approximate surface area is 112 Å². The predicted octanol–water partition coefficient (Wildman–Crippen LogP) is 2.70. The molecule has 100 valence electrons. The molecular weight excluding hydrogens is 242 g/mol. The van der Waals surface area contributed by atoms with Crippen LogP contribution < -0.4 is 9.47 Å². The lowest BCUT2D eigenvalue weighted by Crippen LogP contribution is -2.11. The average molecular weight is 259 g/mol. The average Bonchev–Trinajstić information content (AvgIpc) is 2.84. The zero-order valence-corrected chi connectivity index (χ0v) is 11.0. The minimum absolute atomic E-state index is 0.154. The van der Waals surface area contributed by atoms with Gasteiger partial charge in [-0.15, -0.1) is 0 Å². The van der Waals surface area contributed by atoms with E-state index < -0.39 is 0 Å². The minimum Gasteiger partial charge on any atom is -0.497 e. The summed E-state index contributed by atoms with van der Waals surface area (Å²) in [6.07, 6.45) is 3.44. The van der Waals surface area contributed by atoms with Crippen molar-refractivity contribution < 1.29 is 14.3 Å². The van der Waals surface area contributed by atoms with Crippen LogP contribution >= 0.6 is 0 Å². The van der Waals surface area contributed by atoms with Gasteiger partial charge in [-0.3, -0.25) is 4.79 Å². The van der Waals surface area contributed by atoms with Crippen LogP contribution in [-0.4, -0.2) is 19.5 Å². The Kier molecular flexibility index (Phi) is 4.40. The summed E-state index contributed by atoms with van der Waals surface area (Å²) in [5, 5.41) is 8.91. The highest BCUT2D eigenvalue weighted by molar-refractivity contribution is 5.82. The van der Waals surface area contributed by atoms with Crippen molar-refractivity contribution in [2.45, 2.75) is 25.7 Å². The van der Waals surface area contributed by atoms with Gasteiger partial charge in [-0.25, -0.2) is 0 Å². The number of carbonyl (C=O) groups excluding carboxylic acids is 1. The molecule has 1 atom stereocenters. The smallest absolute Gasteiger partial charge is 0.136 e. The number of Topliss-reactive ketones (excluding diaryl/α,β-unsaturated/α-hetero) is 1. The highest BCUT2D eigenvalue weighted by atomic mass is 16.5. The number of hydrogen-bond donors (Lipinski definition) is 0. The number of hydrogen-bond acceptors (Lipinski definition) is 4. The van der Waals surface area contributed by atoms with E-state index in [1.807, 2.05) is 0 Å². The van der Waals surface area contributed by atoms with Crippen molar-refractivity contribution in [2.24, 2.45) is 5.92 Å². The summed E-state index contributed by atoms with van der Waals surface area (Å²) < 4.78 is 10.7. The van der Waals surface area contributed by atoms with Crippen LogP contribution in [0.25, 0.3) is 0 Å². The molecule has 1 unspecified atom stereocenters. The summed E-state index contributed by atoms with van der Waals surface area (Å²) in [5.41, 5.74) is 0.506. The van der Waals surface area contributed by atoms with Gasteiger partial charge in [-0.05, 0) is 31.4 Å². The Morgan fingerprint density at radius 2 is 2.16 bits per heavy atom.